The third-order valence-corrected chi connectivity index (χ3v) is 4.61. The van der Waals surface area contributed by atoms with Gasteiger partial charge in [0.1, 0.15) is 11.9 Å². The topological polar surface area (TPSA) is 149 Å². The number of carboxylic acid groups (broad SMARTS) is 1. The van der Waals surface area contributed by atoms with Gasteiger partial charge in [0.2, 0.25) is 5.91 Å². The smallest absolute Gasteiger partial charge is 0.305 e. The van der Waals surface area contributed by atoms with Gasteiger partial charge in [0.15, 0.2) is 0 Å². The number of fused-ring (bicyclic) bond motifs is 1. The molecule has 2 aromatic carbocycles. The van der Waals surface area contributed by atoms with Crippen LogP contribution in [0.4, 0.5) is 11.4 Å². The Kier molecular flexibility index (Phi) is 5.49. The van der Waals surface area contributed by atoms with Crippen LogP contribution in [0.25, 0.3) is 0 Å². The number of hydrogen-bond donors (Lipinski definition) is 5. The molecule has 1 heterocycles. The van der Waals surface area contributed by atoms with E-state index in [4.69, 9.17) is 16.2 Å². The molecule has 29 heavy (non-hydrogen) atoms. The van der Waals surface area contributed by atoms with Crippen LogP contribution in [0.5, 0.6) is 0 Å². The van der Waals surface area contributed by atoms with E-state index in [-0.39, 0.29) is 30.6 Å². The van der Waals surface area contributed by atoms with E-state index in [0.717, 1.165) is 0 Å². The SMILES string of the molecule is CN1Cc2cc(C(=O)Nc3ccc(C(=N)N)cc3)ccc2NC(CC(=O)O)C1=O. The fraction of sp³-hybridized carbons (Fsp3) is 0.200. The third kappa shape index (κ3) is 4.52. The molecule has 0 aliphatic carbocycles. The lowest BCUT2D eigenvalue weighted by Gasteiger charge is -2.19. The Morgan fingerprint density at radius 1 is 1.24 bits per heavy atom. The largest absolute Gasteiger partial charge is 0.481 e. The molecule has 1 aliphatic heterocycles. The van der Waals surface area contributed by atoms with Crippen molar-refractivity contribution in [3.63, 3.8) is 0 Å². The number of benzene rings is 2. The molecule has 0 saturated heterocycles. The molecule has 9 heteroatoms. The van der Waals surface area contributed by atoms with Crippen molar-refractivity contribution >= 4 is 35.0 Å². The Bertz CT molecular complexity index is 987. The number of anilines is 2. The Hall–Kier alpha value is -3.88. The van der Waals surface area contributed by atoms with Gasteiger partial charge < -0.3 is 26.4 Å². The summed E-state index contributed by atoms with van der Waals surface area (Å²) < 4.78 is 0. The molecule has 6 N–H and O–H groups in total. The molecule has 0 radical (unpaired) electrons. The van der Waals surface area contributed by atoms with Crippen LogP contribution in [0.3, 0.4) is 0 Å². The number of nitrogens with zero attached hydrogens (tertiary/aromatic N) is 1. The van der Waals surface area contributed by atoms with Gasteiger partial charge in [0.05, 0.1) is 6.42 Å². The zero-order valence-electron chi connectivity index (χ0n) is 15.7. The van der Waals surface area contributed by atoms with Gasteiger partial charge in [0, 0.05) is 36.1 Å². The first kappa shape index (κ1) is 19.9. The molecule has 0 aromatic heterocycles. The molecule has 0 bridgehead atoms. The van der Waals surface area contributed by atoms with Crippen molar-refractivity contribution in [2.75, 3.05) is 17.7 Å². The van der Waals surface area contributed by atoms with Crippen molar-refractivity contribution in [1.29, 1.82) is 5.41 Å². The number of amides is 2. The maximum Gasteiger partial charge on any atom is 0.305 e. The van der Waals surface area contributed by atoms with E-state index in [1.54, 1.807) is 49.5 Å². The lowest BCUT2D eigenvalue weighted by Crippen LogP contribution is -2.39. The monoisotopic (exact) mass is 395 g/mol. The van der Waals surface area contributed by atoms with Crippen molar-refractivity contribution in [3.05, 3.63) is 59.2 Å². The van der Waals surface area contributed by atoms with Gasteiger partial charge in [0.25, 0.3) is 5.91 Å². The van der Waals surface area contributed by atoms with Crippen molar-refractivity contribution in [2.45, 2.75) is 19.0 Å². The molecule has 0 spiro atoms. The molecule has 0 saturated carbocycles. The predicted octanol–water partition coefficient (Wildman–Crippen LogP) is 1.45. The zero-order valence-corrected chi connectivity index (χ0v) is 15.7. The van der Waals surface area contributed by atoms with Gasteiger partial charge in [-0.05, 0) is 48.0 Å². The summed E-state index contributed by atoms with van der Waals surface area (Å²) in [5.41, 5.74) is 8.28. The molecule has 1 aliphatic rings. The van der Waals surface area contributed by atoms with E-state index < -0.39 is 12.0 Å². The molecule has 2 aromatic rings. The summed E-state index contributed by atoms with van der Waals surface area (Å²) in [7, 11) is 1.59. The van der Waals surface area contributed by atoms with Crippen LogP contribution in [-0.2, 0) is 16.1 Å². The van der Waals surface area contributed by atoms with E-state index in [9.17, 15) is 14.4 Å². The Labute approximate surface area is 167 Å². The van der Waals surface area contributed by atoms with Crippen molar-refractivity contribution in [1.82, 2.24) is 4.90 Å². The number of nitrogens with two attached hydrogens (primary N) is 1. The fourth-order valence-corrected chi connectivity index (χ4v) is 3.10. The lowest BCUT2D eigenvalue weighted by atomic mass is 10.1. The third-order valence-electron chi connectivity index (χ3n) is 4.61. The van der Waals surface area contributed by atoms with Gasteiger partial charge in [-0.1, -0.05) is 0 Å². The highest BCUT2D eigenvalue weighted by molar-refractivity contribution is 6.05. The summed E-state index contributed by atoms with van der Waals surface area (Å²) in [6.07, 6.45) is -0.332. The normalized spacial score (nSPS) is 15.7. The average molecular weight is 395 g/mol. The quantitative estimate of drug-likeness (QED) is 0.382. The Morgan fingerprint density at radius 2 is 1.90 bits per heavy atom. The van der Waals surface area contributed by atoms with Crippen molar-refractivity contribution in [3.8, 4) is 0 Å². The molecule has 150 valence electrons. The number of aliphatic carboxylic acids is 1. The molecule has 1 atom stereocenters. The van der Waals surface area contributed by atoms with E-state index in [0.29, 0.717) is 28.1 Å². The number of carbonyl (C=O) groups is 3. The molecular formula is C20H21N5O4. The number of rotatable bonds is 5. The van der Waals surface area contributed by atoms with Crippen LogP contribution in [0.15, 0.2) is 42.5 Å². The second kappa shape index (κ2) is 8.01. The number of carbonyl (C=O) groups excluding carboxylic acids is 2. The summed E-state index contributed by atoms with van der Waals surface area (Å²) in [5, 5.41) is 22.2. The van der Waals surface area contributed by atoms with Gasteiger partial charge in [-0.3, -0.25) is 19.8 Å². The standard InChI is InChI=1S/C20H21N5O4/c1-25-10-13-8-12(4-7-15(13)24-16(20(25)29)9-17(26)27)19(28)23-14-5-2-11(3-6-14)18(21)22/h2-8,16,24H,9-10H2,1H3,(H3,21,22)(H,23,28)(H,26,27). The molecular weight excluding hydrogens is 374 g/mol. The van der Waals surface area contributed by atoms with Gasteiger partial charge >= 0.3 is 5.97 Å². The number of hydrogen-bond acceptors (Lipinski definition) is 5. The minimum Gasteiger partial charge on any atom is -0.481 e. The van der Waals surface area contributed by atoms with Crippen molar-refractivity contribution < 1.29 is 19.5 Å². The summed E-state index contributed by atoms with van der Waals surface area (Å²) in [4.78, 5) is 37.5. The maximum atomic E-state index is 12.6. The summed E-state index contributed by atoms with van der Waals surface area (Å²) in [5.74, 6) is -1.77. The minimum absolute atomic E-state index is 0.0546. The van der Waals surface area contributed by atoms with Gasteiger partial charge in [-0.2, -0.15) is 0 Å². The van der Waals surface area contributed by atoms with E-state index in [2.05, 4.69) is 10.6 Å². The maximum absolute atomic E-state index is 12.6. The molecule has 1 unspecified atom stereocenters. The van der Waals surface area contributed by atoms with Crippen LogP contribution >= 0.6 is 0 Å². The summed E-state index contributed by atoms with van der Waals surface area (Å²) in [6.45, 7) is 0.256. The first-order chi connectivity index (χ1) is 13.7. The molecule has 2 amide bonds. The minimum atomic E-state index is -1.07. The van der Waals surface area contributed by atoms with Gasteiger partial charge in [-0.15, -0.1) is 0 Å². The first-order valence-electron chi connectivity index (χ1n) is 8.86. The van der Waals surface area contributed by atoms with E-state index in [1.165, 1.54) is 4.90 Å². The van der Waals surface area contributed by atoms with E-state index in [1.807, 2.05) is 0 Å². The number of carboxylic acids is 1. The lowest BCUT2D eigenvalue weighted by molar-refractivity contribution is -0.141. The van der Waals surface area contributed by atoms with Crippen LogP contribution in [0, 0.1) is 5.41 Å². The van der Waals surface area contributed by atoms with Crippen molar-refractivity contribution in [2.24, 2.45) is 5.73 Å². The number of likely N-dealkylation sites (N-methyl/N-ethyl adjacent to an activating group) is 1. The van der Waals surface area contributed by atoms with Crippen LogP contribution in [-0.4, -0.2) is 46.7 Å². The molecule has 0 fully saturated rings. The van der Waals surface area contributed by atoms with E-state index >= 15 is 0 Å². The highest BCUT2D eigenvalue weighted by Gasteiger charge is 2.29. The average Bonchev–Trinajstić information content (AvgIpc) is 2.78. The number of amidine groups is 1. The zero-order chi connectivity index (χ0) is 21.1. The highest BCUT2D eigenvalue weighted by atomic mass is 16.4. The number of nitrogen functional groups attached to an aromatic ring is 1. The molecule has 3 rings (SSSR count). The van der Waals surface area contributed by atoms with Crippen LogP contribution in [0.1, 0.15) is 27.9 Å². The van der Waals surface area contributed by atoms with Crippen LogP contribution < -0.4 is 16.4 Å². The summed E-state index contributed by atoms with van der Waals surface area (Å²) >= 11 is 0. The second-order valence-corrected chi connectivity index (χ2v) is 6.81. The molecule has 9 nitrogen and oxygen atoms in total. The Balaban J connectivity index is 1.80. The first-order valence-corrected chi connectivity index (χ1v) is 8.86. The van der Waals surface area contributed by atoms with Crippen LogP contribution in [0.2, 0.25) is 0 Å². The predicted molar refractivity (Wildman–Crippen MR) is 108 cm³/mol. The second-order valence-electron chi connectivity index (χ2n) is 6.81. The fourth-order valence-electron chi connectivity index (χ4n) is 3.10. The van der Waals surface area contributed by atoms with Gasteiger partial charge in [-0.25, -0.2) is 0 Å². The number of nitrogens with one attached hydrogen (secondary N) is 3. The Morgan fingerprint density at radius 3 is 2.52 bits per heavy atom. The highest BCUT2D eigenvalue weighted by Crippen LogP contribution is 2.25. The summed E-state index contributed by atoms with van der Waals surface area (Å²) in [6, 6.07) is 10.7.